The van der Waals surface area contributed by atoms with Crippen LogP contribution in [0.4, 0.5) is 17.3 Å². The van der Waals surface area contributed by atoms with Crippen molar-refractivity contribution in [1.29, 1.82) is 0 Å². The maximum Gasteiger partial charge on any atom is 0.247 e. The van der Waals surface area contributed by atoms with E-state index in [1.807, 2.05) is 16.6 Å². The Labute approximate surface area is 183 Å². The summed E-state index contributed by atoms with van der Waals surface area (Å²) in [6.45, 7) is 6.83. The largest absolute Gasteiger partial charge is 0.383 e. The molecule has 4 rings (SSSR count). The highest BCUT2D eigenvalue weighted by Crippen LogP contribution is 2.24. The molecule has 0 aliphatic carbocycles. The molecule has 6 heteroatoms. The van der Waals surface area contributed by atoms with Gasteiger partial charge in [-0.25, -0.2) is 4.52 Å². The fraction of sp³-hybridized carbons (Fsp3) is 0.280. The molecule has 1 N–H and O–H groups in total. The molecule has 0 spiro atoms. The van der Waals surface area contributed by atoms with E-state index in [0.29, 0.717) is 12.6 Å². The first-order valence-electron chi connectivity index (χ1n) is 10.8. The summed E-state index contributed by atoms with van der Waals surface area (Å²) in [5.74, 6) is 0.581. The Morgan fingerprint density at radius 1 is 0.968 bits per heavy atom. The number of nitrogens with zero attached hydrogens (tertiary/aromatic N) is 4. The van der Waals surface area contributed by atoms with Crippen molar-refractivity contribution in [3.63, 3.8) is 0 Å². The van der Waals surface area contributed by atoms with Gasteiger partial charge in [-0.2, -0.15) is 4.98 Å². The maximum atomic E-state index is 5.21. The van der Waals surface area contributed by atoms with E-state index in [4.69, 9.17) is 9.84 Å². The molecule has 0 bridgehead atoms. The number of hydrogen-bond donors (Lipinski definition) is 1. The number of hydrogen-bond acceptors (Lipinski definition) is 5. The van der Waals surface area contributed by atoms with Crippen molar-refractivity contribution >= 4 is 23.0 Å². The summed E-state index contributed by atoms with van der Waals surface area (Å²) in [6.07, 6.45) is 1.03. The molecule has 0 amide bonds. The van der Waals surface area contributed by atoms with Gasteiger partial charge in [0, 0.05) is 37.1 Å². The van der Waals surface area contributed by atoms with Gasteiger partial charge in [0.15, 0.2) is 5.65 Å². The number of aryl methyl sites for hydroxylation is 1. The highest BCUT2D eigenvalue weighted by atomic mass is 16.5. The molecular weight excluding hydrogens is 386 g/mol. The third-order valence-corrected chi connectivity index (χ3v) is 5.45. The van der Waals surface area contributed by atoms with Crippen LogP contribution in [0, 0.1) is 0 Å². The highest BCUT2D eigenvalue weighted by Gasteiger charge is 2.10. The number of methoxy groups -OCH3 is 1. The molecule has 2 aromatic carbocycles. The van der Waals surface area contributed by atoms with Crippen molar-refractivity contribution in [2.75, 3.05) is 37.0 Å². The molecule has 2 heterocycles. The minimum atomic E-state index is 0.581. The molecule has 0 fully saturated rings. The number of benzene rings is 2. The Morgan fingerprint density at radius 3 is 2.42 bits per heavy atom. The molecule has 31 heavy (non-hydrogen) atoms. The fourth-order valence-corrected chi connectivity index (χ4v) is 3.64. The molecule has 0 aliphatic rings. The molecule has 0 aliphatic heterocycles. The van der Waals surface area contributed by atoms with Crippen LogP contribution >= 0.6 is 0 Å². The van der Waals surface area contributed by atoms with E-state index < -0.39 is 0 Å². The second-order valence-electron chi connectivity index (χ2n) is 7.41. The van der Waals surface area contributed by atoms with Crippen molar-refractivity contribution in [2.45, 2.75) is 20.3 Å². The van der Waals surface area contributed by atoms with Crippen LogP contribution in [0.25, 0.3) is 16.9 Å². The van der Waals surface area contributed by atoms with Gasteiger partial charge in [0.05, 0.1) is 12.3 Å². The Balaban J connectivity index is 1.55. The van der Waals surface area contributed by atoms with Gasteiger partial charge in [0.1, 0.15) is 0 Å². The lowest BCUT2D eigenvalue weighted by Crippen LogP contribution is -2.26. The molecule has 2 aromatic heterocycles. The first kappa shape index (κ1) is 20.9. The molecule has 160 valence electrons. The van der Waals surface area contributed by atoms with Crippen LogP contribution in [0.5, 0.6) is 0 Å². The summed E-state index contributed by atoms with van der Waals surface area (Å²) in [7, 11) is 1.73. The predicted octanol–water partition coefficient (Wildman–Crippen LogP) is 5.18. The van der Waals surface area contributed by atoms with E-state index in [0.717, 1.165) is 42.1 Å². The molecule has 0 unspecified atom stereocenters. The van der Waals surface area contributed by atoms with E-state index in [-0.39, 0.29) is 0 Å². The fourth-order valence-electron chi connectivity index (χ4n) is 3.64. The molecule has 4 aromatic rings. The summed E-state index contributed by atoms with van der Waals surface area (Å²) in [4.78, 5) is 6.94. The number of likely N-dealkylation sites (N-methyl/N-ethyl adjacent to an activating group) is 1. The smallest absolute Gasteiger partial charge is 0.247 e. The van der Waals surface area contributed by atoms with E-state index >= 15 is 0 Å². The molecule has 0 radical (unpaired) electrons. The Kier molecular flexibility index (Phi) is 6.48. The average molecular weight is 416 g/mol. The van der Waals surface area contributed by atoms with Crippen molar-refractivity contribution in [1.82, 2.24) is 14.6 Å². The Hall–Kier alpha value is -3.38. The van der Waals surface area contributed by atoms with E-state index in [1.54, 1.807) is 7.11 Å². The Bertz CT molecular complexity index is 1120. The maximum absolute atomic E-state index is 5.21. The van der Waals surface area contributed by atoms with E-state index in [9.17, 15) is 0 Å². The second kappa shape index (κ2) is 9.62. The molecule has 6 nitrogen and oxygen atoms in total. The SMILES string of the molecule is CCc1ccc(-c2cccc3nc(Nc4ccc(N(CC)CCOC)cc4)nn23)cc1. The van der Waals surface area contributed by atoms with Gasteiger partial charge in [-0.05, 0) is 55.3 Å². The van der Waals surface area contributed by atoms with Crippen LogP contribution in [0.1, 0.15) is 19.4 Å². The first-order valence-corrected chi connectivity index (χ1v) is 10.8. The first-order chi connectivity index (χ1) is 15.2. The van der Waals surface area contributed by atoms with Crippen LogP contribution in [-0.2, 0) is 11.2 Å². The van der Waals surface area contributed by atoms with Gasteiger partial charge in [-0.1, -0.05) is 37.3 Å². The minimum Gasteiger partial charge on any atom is -0.383 e. The van der Waals surface area contributed by atoms with Gasteiger partial charge >= 0.3 is 0 Å². The minimum absolute atomic E-state index is 0.581. The van der Waals surface area contributed by atoms with Gasteiger partial charge in [0.2, 0.25) is 5.95 Å². The summed E-state index contributed by atoms with van der Waals surface area (Å²) >= 11 is 0. The number of pyridine rings is 1. The van der Waals surface area contributed by atoms with Crippen molar-refractivity contribution in [2.24, 2.45) is 0 Å². The third-order valence-electron chi connectivity index (χ3n) is 5.45. The topological polar surface area (TPSA) is 54.7 Å². The highest BCUT2D eigenvalue weighted by molar-refractivity contribution is 5.65. The summed E-state index contributed by atoms with van der Waals surface area (Å²) in [6, 6.07) is 23.0. The lowest BCUT2D eigenvalue weighted by atomic mass is 10.1. The Morgan fingerprint density at radius 2 is 1.74 bits per heavy atom. The number of fused-ring (bicyclic) bond motifs is 1. The van der Waals surface area contributed by atoms with Crippen molar-refractivity contribution in [3.8, 4) is 11.3 Å². The molecule has 0 atom stereocenters. The van der Waals surface area contributed by atoms with Crippen LogP contribution in [0.3, 0.4) is 0 Å². The lowest BCUT2D eigenvalue weighted by molar-refractivity contribution is 0.205. The van der Waals surface area contributed by atoms with Crippen LogP contribution in [0.15, 0.2) is 66.7 Å². The van der Waals surface area contributed by atoms with Gasteiger partial charge in [-0.15, -0.1) is 5.10 Å². The number of anilines is 3. The van der Waals surface area contributed by atoms with Crippen molar-refractivity contribution < 1.29 is 4.74 Å². The summed E-state index contributed by atoms with van der Waals surface area (Å²) < 4.78 is 7.10. The number of rotatable bonds is 9. The van der Waals surface area contributed by atoms with E-state index in [1.165, 1.54) is 11.3 Å². The number of ether oxygens (including phenoxy) is 1. The summed E-state index contributed by atoms with van der Waals surface area (Å²) in [5.41, 5.74) is 6.41. The standard InChI is InChI=1S/C25H29N5O/c1-4-19-9-11-20(12-10-19)23-7-6-8-24-27-25(28-30(23)24)26-21-13-15-22(16-14-21)29(5-2)17-18-31-3/h6-16H,4-5,17-18H2,1-3H3,(H,26,28). The molecular formula is C25H29N5O. The van der Waals surface area contributed by atoms with Crippen LogP contribution < -0.4 is 10.2 Å². The number of aromatic nitrogens is 3. The van der Waals surface area contributed by atoms with Crippen LogP contribution in [-0.4, -0.2) is 41.4 Å². The normalized spacial score (nSPS) is 11.1. The zero-order valence-electron chi connectivity index (χ0n) is 18.4. The van der Waals surface area contributed by atoms with Gasteiger partial charge < -0.3 is 15.0 Å². The third kappa shape index (κ3) is 4.70. The van der Waals surface area contributed by atoms with Crippen molar-refractivity contribution in [3.05, 3.63) is 72.3 Å². The predicted molar refractivity (Wildman–Crippen MR) is 127 cm³/mol. The van der Waals surface area contributed by atoms with Gasteiger partial charge in [0.25, 0.3) is 0 Å². The van der Waals surface area contributed by atoms with E-state index in [2.05, 4.69) is 83.6 Å². The molecule has 0 saturated carbocycles. The number of nitrogens with one attached hydrogen (secondary N) is 1. The summed E-state index contributed by atoms with van der Waals surface area (Å²) in [5, 5.41) is 8.04. The van der Waals surface area contributed by atoms with Gasteiger partial charge in [-0.3, -0.25) is 0 Å². The zero-order chi connectivity index (χ0) is 21.6. The quantitative estimate of drug-likeness (QED) is 0.408. The lowest BCUT2D eigenvalue weighted by Gasteiger charge is -2.22. The zero-order valence-corrected chi connectivity index (χ0v) is 18.4. The monoisotopic (exact) mass is 415 g/mol. The van der Waals surface area contributed by atoms with Crippen LogP contribution in [0.2, 0.25) is 0 Å². The second-order valence-corrected chi connectivity index (χ2v) is 7.41. The average Bonchev–Trinajstić information content (AvgIpc) is 3.23. The molecule has 0 saturated heterocycles.